The van der Waals surface area contributed by atoms with Crippen molar-refractivity contribution >= 4 is 34.8 Å². The highest BCUT2D eigenvalue weighted by molar-refractivity contribution is 6.09. The fourth-order valence-corrected chi connectivity index (χ4v) is 4.51. The number of ketones is 1. The first-order chi connectivity index (χ1) is 16.8. The van der Waals surface area contributed by atoms with E-state index in [0.29, 0.717) is 40.4 Å². The molecule has 9 heteroatoms. The van der Waals surface area contributed by atoms with Crippen LogP contribution in [-0.4, -0.2) is 52.7 Å². The second kappa shape index (κ2) is 8.98. The number of aromatic amines is 1. The molecule has 0 aliphatic heterocycles. The number of hydrogen-bond donors (Lipinski definition) is 3. The van der Waals surface area contributed by atoms with Crippen molar-refractivity contribution in [1.29, 1.82) is 0 Å². The molecular weight excluding hydrogens is 449 g/mol. The van der Waals surface area contributed by atoms with Gasteiger partial charge in [-0.05, 0) is 30.7 Å². The number of nitrogens with zero attached hydrogens (tertiary/aromatic N) is 2. The second-order valence-corrected chi connectivity index (χ2v) is 9.26. The number of pyridine rings is 1. The van der Waals surface area contributed by atoms with Gasteiger partial charge in [-0.15, -0.1) is 0 Å². The summed E-state index contributed by atoms with van der Waals surface area (Å²) in [6, 6.07) is 12.9. The molecule has 0 spiro atoms. The van der Waals surface area contributed by atoms with E-state index in [9.17, 15) is 18.8 Å². The van der Waals surface area contributed by atoms with Gasteiger partial charge in [-0.2, -0.15) is 0 Å². The standard InChI is InChI=1S/C26H26FN5O3/c1-32(2)26(35)15-10-19-22(20(33)11-15)24(29-16-6-4-3-5-7-16)23(30-19)14-8-9-28-21(12-14)31-25(34)17-13-18(17)27/h3-9,12,15,17-18,29-30H,10-11,13H2,1-2H3,(H,28,31,34)/t15?,17-,18+/m1/s1. The third kappa shape index (κ3) is 4.53. The van der Waals surface area contributed by atoms with Crippen molar-refractivity contribution in [1.82, 2.24) is 14.9 Å². The van der Waals surface area contributed by atoms with Crippen molar-refractivity contribution in [3.8, 4) is 11.3 Å². The highest BCUT2D eigenvalue weighted by Gasteiger charge is 2.43. The number of anilines is 3. The monoisotopic (exact) mass is 475 g/mol. The molecule has 5 rings (SSSR count). The van der Waals surface area contributed by atoms with E-state index in [2.05, 4.69) is 20.6 Å². The van der Waals surface area contributed by atoms with Crippen LogP contribution >= 0.6 is 0 Å². The van der Waals surface area contributed by atoms with E-state index < -0.39 is 23.9 Å². The number of benzene rings is 1. The van der Waals surface area contributed by atoms with Gasteiger partial charge in [0.15, 0.2) is 5.78 Å². The van der Waals surface area contributed by atoms with Crippen molar-refractivity contribution in [2.24, 2.45) is 11.8 Å². The Morgan fingerprint density at radius 3 is 2.57 bits per heavy atom. The average Bonchev–Trinajstić information content (AvgIpc) is 3.47. The Balaban J connectivity index is 1.54. The van der Waals surface area contributed by atoms with Crippen LogP contribution in [0, 0.1) is 11.8 Å². The summed E-state index contributed by atoms with van der Waals surface area (Å²) in [5.41, 5.74) is 3.99. The number of aromatic nitrogens is 2. The summed E-state index contributed by atoms with van der Waals surface area (Å²) in [6.45, 7) is 0. The lowest BCUT2D eigenvalue weighted by Gasteiger charge is -2.24. The molecule has 1 unspecified atom stereocenters. The topological polar surface area (TPSA) is 107 Å². The molecule has 1 aromatic carbocycles. The Labute approximate surface area is 201 Å². The molecule has 35 heavy (non-hydrogen) atoms. The number of carbonyl (C=O) groups is 3. The maximum atomic E-state index is 13.3. The fourth-order valence-electron chi connectivity index (χ4n) is 4.51. The van der Waals surface area contributed by atoms with Gasteiger partial charge in [0, 0.05) is 50.1 Å². The van der Waals surface area contributed by atoms with E-state index in [1.54, 1.807) is 32.4 Å². The minimum absolute atomic E-state index is 0.0853. The van der Waals surface area contributed by atoms with Gasteiger partial charge in [0.2, 0.25) is 11.8 Å². The maximum Gasteiger partial charge on any atom is 0.231 e. The first kappa shape index (κ1) is 22.8. The van der Waals surface area contributed by atoms with Gasteiger partial charge in [-0.3, -0.25) is 14.4 Å². The number of Topliss-reactive ketones (excluding diaryl/α,β-unsaturated/α-hetero) is 1. The summed E-state index contributed by atoms with van der Waals surface area (Å²) in [4.78, 5) is 47.2. The Bertz CT molecular complexity index is 1300. The maximum absolute atomic E-state index is 13.3. The predicted molar refractivity (Wildman–Crippen MR) is 130 cm³/mol. The minimum Gasteiger partial charge on any atom is -0.356 e. The van der Waals surface area contributed by atoms with Gasteiger partial charge in [0.1, 0.15) is 12.0 Å². The molecule has 3 aromatic rings. The molecule has 1 saturated carbocycles. The summed E-state index contributed by atoms with van der Waals surface area (Å²) in [6.07, 6.45) is 1.23. The van der Waals surface area contributed by atoms with E-state index >= 15 is 0 Å². The number of halogens is 1. The Kier molecular flexibility index (Phi) is 5.84. The van der Waals surface area contributed by atoms with Crippen LogP contribution in [0.4, 0.5) is 21.6 Å². The SMILES string of the molecule is CN(C)C(=O)C1CC(=O)c2c([nH]c(-c3ccnc(NC(=O)[C@@H]4C[C@@H]4F)c3)c2Nc2ccccc2)C1. The first-order valence-electron chi connectivity index (χ1n) is 11.5. The summed E-state index contributed by atoms with van der Waals surface area (Å²) in [5.74, 6) is -1.35. The fraction of sp³-hybridized carbons (Fsp3) is 0.308. The van der Waals surface area contributed by atoms with Crippen molar-refractivity contribution in [2.75, 3.05) is 24.7 Å². The van der Waals surface area contributed by atoms with Crippen molar-refractivity contribution in [3.05, 3.63) is 59.9 Å². The summed E-state index contributed by atoms with van der Waals surface area (Å²) < 4.78 is 13.3. The molecule has 1 fully saturated rings. The molecule has 8 nitrogen and oxygen atoms in total. The van der Waals surface area contributed by atoms with Gasteiger partial charge in [-0.1, -0.05) is 18.2 Å². The number of H-pyrrole nitrogens is 1. The van der Waals surface area contributed by atoms with Gasteiger partial charge in [0.25, 0.3) is 0 Å². The van der Waals surface area contributed by atoms with Crippen LogP contribution in [0.15, 0.2) is 48.7 Å². The molecule has 2 aromatic heterocycles. The number of rotatable bonds is 6. The zero-order chi connectivity index (χ0) is 24.7. The number of hydrogen-bond acceptors (Lipinski definition) is 5. The van der Waals surface area contributed by atoms with Gasteiger partial charge in [-0.25, -0.2) is 9.37 Å². The van der Waals surface area contributed by atoms with Crippen LogP contribution in [0.1, 0.15) is 28.9 Å². The van der Waals surface area contributed by atoms with Crippen LogP contribution in [0.3, 0.4) is 0 Å². The third-order valence-electron chi connectivity index (χ3n) is 6.42. The predicted octanol–water partition coefficient (Wildman–Crippen LogP) is 3.95. The highest BCUT2D eigenvalue weighted by atomic mass is 19.1. The zero-order valence-electron chi connectivity index (χ0n) is 19.5. The Morgan fingerprint density at radius 2 is 1.89 bits per heavy atom. The lowest BCUT2D eigenvalue weighted by molar-refractivity contribution is -0.133. The molecule has 2 heterocycles. The van der Waals surface area contributed by atoms with E-state index in [0.717, 1.165) is 5.69 Å². The highest BCUT2D eigenvalue weighted by Crippen LogP contribution is 2.41. The molecular formula is C26H26FN5O3. The zero-order valence-corrected chi connectivity index (χ0v) is 19.5. The molecule has 3 atom stereocenters. The van der Waals surface area contributed by atoms with Crippen molar-refractivity contribution in [3.63, 3.8) is 0 Å². The van der Waals surface area contributed by atoms with E-state index in [1.165, 1.54) is 4.90 Å². The quantitative estimate of drug-likeness (QED) is 0.501. The summed E-state index contributed by atoms with van der Waals surface area (Å²) >= 11 is 0. The number of para-hydroxylation sites is 1. The molecule has 0 saturated heterocycles. The molecule has 0 bridgehead atoms. The minimum atomic E-state index is -1.10. The molecule has 2 aliphatic carbocycles. The van der Waals surface area contributed by atoms with E-state index in [1.807, 2.05) is 30.3 Å². The lowest BCUT2D eigenvalue weighted by Crippen LogP contribution is -2.35. The Hall–Kier alpha value is -4.01. The van der Waals surface area contributed by atoms with Crippen LogP contribution in [0.5, 0.6) is 0 Å². The van der Waals surface area contributed by atoms with Crippen LogP contribution in [0.25, 0.3) is 11.3 Å². The molecule has 2 aliphatic rings. The first-order valence-corrected chi connectivity index (χ1v) is 11.5. The van der Waals surface area contributed by atoms with E-state index in [-0.39, 0.29) is 24.5 Å². The van der Waals surface area contributed by atoms with Crippen LogP contribution < -0.4 is 10.6 Å². The van der Waals surface area contributed by atoms with Gasteiger partial charge < -0.3 is 20.5 Å². The van der Waals surface area contributed by atoms with Gasteiger partial charge in [0.05, 0.1) is 28.8 Å². The third-order valence-corrected chi connectivity index (χ3v) is 6.42. The summed E-state index contributed by atoms with van der Waals surface area (Å²) in [5, 5.41) is 6.04. The molecule has 2 amide bonds. The number of amides is 2. The molecule has 0 radical (unpaired) electrons. The number of nitrogens with one attached hydrogen (secondary N) is 3. The van der Waals surface area contributed by atoms with Crippen molar-refractivity contribution in [2.45, 2.75) is 25.4 Å². The van der Waals surface area contributed by atoms with E-state index in [4.69, 9.17) is 0 Å². The average molecular weight is 476 g/mol. The number of alkyl halides is 1. The number of fused-ring (bicyclic) bond motifs is 1. The van der Waals surface area contributed by atoms with Gasteiger partial charge >= 0.3 is 0 Å². The normalized spacial score (nSPS) is 20.7. The van der Waals surface area contributed by atoms with Crippen LogP contribution in [0.2, 0.25) is 0 Å². The molecule has 3 N–H and O–H groups in total. The second-order valence-electron chi connectivity index (χ2n) is 9.26. The van der Waals surface area contributed by atoms with Crippen molar-refractivity contribution < 1.29 is 18.8 Å². The molecule has 180 valence electrons. The van der Waals surface area contributed by atoms with Crippen LogP contribution in [-0.2, 0) is 16.0 Å². The number of carbonyl (C=O) groups excluding carboxylic acids is 3. The lowest BCUT2D eigenvalue weighted by atomic mass is 9.85. The summed E-state index contributed by atoms with van der Waals surface area (Å²) in [7, 11) is 3.37. The largest absolute Gasteiger partial charge is 0.356 e. The smallest absolute Gasteiger partial charge is 0.231 e. The Morgan fingerprint density at radius 1 is 1.14 bits per heavy atom.